The first-order valence-corrected chi connectivity index (χ1v) is 7.54. The number of amides is 1. The number of sulfone groups is 1. The second kappa shape index (κ2) is 4.57. The summed E-state index contributed by atoms with van der Waals surface area (Å²) < 4.78 is 22.4. The molecule has 1 fully saturated rings. The highest BCUT2D eigenvalue weighted by molar-refractivity contribution is 7.91. The number of rotatable bonds is 3. The fourth-order valence-corrected chi connectivity index (χ4v) is 3.97. The van der Waals surface area contributed by atoms with Gasteiger partial charge in [-0.3, -0.25) is 4.79 Å². The Labute approximate surface area is 96.0 Å². The van der Waals surface area contributed by atoms with Crippen LogP contribution in [-0.4, -0.2) is 31.9 Å². The van der Waals surface area contributed by atoms with Crippen molar-refractivity contribution in [3.05, 3.63) is 12.2 Å². The molecule has 0 unspecified atom stereocenters. The van der Waals surface area contributed by atoms with E-state index in [1.165, 1.54) is 0 Å². The van der Waals surface area contributed by atoms with Crippen LogP contribution in [0.1, 0.15) is 25.7 Å². The van der Waals surface area contributed by atoms with Crippen LogP contribution in [0.3, 0.4) is 0 Å². The number of allylic oxidation sites excluding steroid dienone is 2. The summed E-state index contributed by atoms with van der Waals surface area (Å²) >= 11 is 0. The van der Waals surface area contributed by atoms with Crippen molar-refractivity contribution in [1.29, 1.82) is 0 Å². The van der Waals surface area contributed by atoms with Gasteiger partial charge >= 0.3 is 0 Å². The lowest BCUT2D eigenvalue weighted by Gasteiger charge is -2.12. The van der Waals surface area contributed by atoms with Crippen molar-refractivity contribution >= 4 is 15.7 Å². The van der Waals surface area contributed by atoms with Crippen molar-refractivity contribution in [3.8, 4) is 0 Å². The van der Waals surface area contributed by atoms with Gasteiger partial charge in [0.25, 0.3) is 0 Å². The Bertz CT molecular complexity index is 399. The summed E-state index contributed by atoms with van der Waals surface area (Å²) in [5.74, 6) is 0.650. The minimum Gasteiger partial charge on any atom is -0.352 e. The van der Waals surface area contributed by atoms with E-state index in [0.29, 0.717) is 18.8 Å². The van der Waals surface area contributed by atoms with Gasteiger partial charge in [0.2, 0.25) is 5.91 Å². The first kappa shape index (κ1) is 11.6. The molecule has 1 aliphatic carbocycles. The highest BCUT2D eigenvalue weighted by Gasteiger charge is 2.29. The average molecular weight is 243 g/mol. The van der Waals surface area contributed by atoms with Crippen LogP contribution in [-0.2, 0) is 14.6 Å². The molecule has 90 valence electrons. The number of carbonyl (C=O) groups is 1. The molecule has 0 saturated carbocycles. The molecule has 0 aromatic carbocycles. The standard InChI is InChI=1S/C11H17NO3S/c13-11(7-9-3-1-2-4-9)12-10-5-6-16(14,15)8-10/h1,3,9-10H,2,4-8H2,(H,12,13)/t9-,10-/m1/s1. The maximum Gasteiger partial charge on any atom is 0.220 e. The third-order valence-electron chi connectivity index (χ3n) is 3.16. The summed E-state index contributed by atoms with van der Waals surface area (Å²) in [6.45, 7) is 0. The van der Waals surface area contributed by atoms with Gasteiger partial charge in [-0.2, -0.15) is 0 Å². The van der Waals surface area contributed by atoms with E-state index in [9.17, 15) is 13.2 Å². The fraction of sp³-hybridized carbons (Fsp3) is 0.727. The van der Waals surface area contributed by atoms with Crippen LogP contribution in [0.5, 0.6) is 0 Å². The Morgan fingerprint density at radius 1 is 1.38 bits per heavy atom. The van der Waals surface area contributed by atoms with E-state index in [2.05, 4.69) is 17.5 Å². The van der Waals surface area contributed by atoms with Gasteiger partial charge in [-0.05, 0) is 25.2 Å². The molecule has 0 radical (unpaired) electrons. The predicted molar refractivity (Wildman–Crippen MR) is 61.7 cm³/mol. The van der Waals surface area contributed by atoms with E-state index in [0.717, 1.165) is 12.8 Å². The highest BCUT2D eigenvalue weighted by Crippen LogP contribution is 2.20. The largest absolute Gasteiger partial charge is 0.352 e. The van der Waals surface area contributed by atoms with Crippen LogP contribution in [0.2, 0.25) is 0 Å². The molecule has 1 amide bonds. The van der Waals surface area contributed by atoms with Crippen LogP contribution in [0.15, 0.2) is 12.2 Å². The van der Waals surface area contributed by atoms with Crippen LogP contribution < -0.4 is 5.32 Å². The van der Waals surface area contributed by atoms with Crippen molar-refractivity contribution in [2.45, 2.75) is 31.7 Å². The number of hydrogen-bond acceptors (Lipinski definition) is 3. The second-order valence-corrected chi connectivity index (χ2v) is 6.87. The Morgan fingerprint density at radius 2 is 2.19 bits per heavy atom. The zero-order chi connectivity index (χ0) is 11.6. The van der Waals surface area contributed by atoms with Crippen molar-refractivity contribution in [2.75, 3.05) is 11.5 Å². The van der Waals surface area contributed by atoms with E-state index < -0.39 is 9.84 Å². The minimum absolute atomic E-state index is 0.0151. The molecule has 1 N–H and O–H groups in total. The van der Waals surface area contributed by atoms with Gasteiger partial charge in [-0.15, -0.1) is 0 Å². The van der Waals surface area contributed by atoms with Crippen LogP contribution in [0, 0.1) is 5.92 Å². The Hall–Kier alpha value is -0.840. The Kier molecular flexibility index (Phi) is 3.33. The predicted octanol–water partition coefficient (Wildman–Crippen LogP) is 0.646. The lowest BCUT2D eigenvalue weighted by molar-refractivity contribution is -0.122. The summed E-state index contributed by atoms with van der Waals surface area (Å²) in [5.41, 5.74) is 0. The average Bonchev–Trinajstić information content (AvgIpc) is 2.76. The van der Waals surface area contributed by atoms with E-state index in [-0.39, 0.29) is 23.5 Å². The molecule has 0 bridgehead atoms. The van der Waals surface area contributed by atoms with Gasteiger partial charge in [-0.1, -0.05) is 12.2 Å². The number of hydrogen-bond donors (Lipinski definition) is 1. The molecule has 2 atom stereocenters. The van der Waals surface area contributed by atoms with Gasteiger partial charge < -0.3 is 5.32 Å². The van der Waals surface area contributed by atoms with Crippen molar-refractivity contribution in [2.24, 2.45) is 5.92 Å². The van der Waals surface area contributed by atoms with Crippen molar-refractivity contribution < 1.29 is 13.2 Å². The summed E-state index contributed by atoms with van der Waals surface area (Å²) in [7, 11) is -2.90. The topological polar surface area (TPSA) is 63.2 Å². The smallest absolute Gasteiger partial charge is 0.220 e. The molecule has 0 aromatic rings. The molecule has 0 spiro atoms. The molecule has 16 heavy (non-hydrogen) atoms. The zero-order valence-electron chi connectivity index (χ0n) is 9.19. The minimum atomic E-state index is -2.90. The van der Waals surface area contributed by atoms with E-state index >= 15 is 0 Å². The summed E-state index contributed by atoms with van der Waals surface area (Å²) in [5, 5.41) is 2.81. The van der Waals surface area contributed by atoms with Gasteiger partial charge in [0.15, 0.2) is 9.84 Å². The first-order chi connectivity index (χ1) is 7.55. The van der Waals surface area contributed by atoms with E-state index in [4.69, 9.17) is 0 Å². The Balaban J connectivity index is 1.77. The third kappa shape index (κ3) is 3.07. The lowest BCUT2D eigenvalue weighted by atomic mass is 10.0. The maximum absolute atomic E-state index is 11.6. The molecule has 2 rings (SSSR count). The third-order valence-corrected chi connectivity index (χ3v) is 4.93. The molecule has 4 nitrogen and oxygen atoms in total. The van der Waals surface area contributed by atoms with Crippen molar-refractivity contribution in [1.82, 2.24) is 5.32 Å². The van der Waals surface area contributed by atoms with Crippen LogP contribution >= 0.6 is 0 Å². The first-order valence-electron chi connectivity index (χ1n) is 5.71. The fourth-order valence-electron chi connectivity index (χ4n) is 2.30. The van der Waals surface area contributed by atoms with Crippen LogP contribution in [0.25, 0.3) is 0 Å². The van der Waals surface area contributed by atoms with E-state index in [1.807, 2.05) is 0 Å². The maximum atomic E-state index is 11.6. The second-order valence-electron chi connectivity index (χ2n) is 4.64. The van der Waals surface area contributed by atoms with Crippen LogP contribution in [0.4, 0.5) is 0 Å². The molecule has 1 heterocycles. The quantitative estimate of drug-likeness (QED) is 0.740. The molecule has 5 heteroatoms. The lowest BCUT2D eigenvalue weighted by Crippen LogP contribution is -2.36. The van der Waals surface area contributed by atoms with Gasteiger partial charge in [0.05, 0.1) is 11.5 Å². The van der Waals surface area contributed by atoms with E-state index in [1.54, 1.807) is 0 Å². The molecule has 1 aliphatic heterocycles. The van der Waals surface area contributed by atoms with Gasteiger partial charge in [0, 0.05) is 12.5 Å². The summed E-state index contributed by atoms with van der Waals surface area (Å²) in [6.07, 6.45) is 7.32. The van der Waals surface area contributed by atoms with Crippen molar-refractivity contribution in [3.63, 3.8) is 0 Å². The number of carbonyl (C=O) groups excluding carboxylic acids is 1. The molecular formula is C11H17NO3S. The normalized spacial score (nSPS) is 31.8. The summed E-state index contributed by atoms with van der Waals surface area (Å²) in [6, 6.07) is -0.164. The monoisotopic (exact) mass is 243 g/mol. The molecular weight excluding hydrogens is 226 g/mol. The molecule has 0 aromatic heterocycles. The van der Waals surface area contributed by atoms with Gasteiger partial charge in [0.1, 0.15) is 0 Å². The van der Waals surface area contributed by atoms with Gasteiger partial charge in [-0.25, -0.2) is 8.42 Å². The zero-order valence-corrected chi connectivity index (χ0v) is 10.0. The summed E-state index contributed by atoms with van der Waals surface area (Å²) in [4.78, 5) is 11.6. The number of nitrogens with one attached hydrogen (secondary N) is 1. The SMILES string of the molecule is O=C(C[C@@H]1C=CCC1)N[C@@H]1CCS(=O)(=O)C1. The molecule has 1 saturated heterocycles. The Morgan fingerprint density at radius 3 is 2.75 bits per heavy atom. The highest BCUT2D eigenvalue weighted by atomic mass is 32.2. The molecule has 2 aliphatic rings.